The van der Waals surface area contributed by atoms with Crippen molar-refractivity contribution in [3.8, 4) is 0 Å². The normalized spacial score (nSPS) is 15.1. The molecule has 98 valence electrons. The van der Waals surface area contributed by atoms with Crippen molar-refractivity contribution in [1.82, 2.24) is 4.90 Å². The first-order valence-corrected chi connectivity index (χ1v) is 6.50. The zero-order chi connectivity index (χ0) is 13.3. The van der Waals surface area contributed by atoms with Crippen LogP contribution in [0.2, 0.25) is 0 Å². The Bertz CT molecular complexity index is 441. The van der Waals surface area contributed by atoms with E-state index in [4.69, 9.17) is 5.11 Å². The second-order valence-corrected chi connectivity index (χ2v) is 5.41. The number of benzene rings is 1. The molecule has 0 spiro atoms. The summed E-state index contributed by atoms with van der Waals surface area (Å²) in [4.78, 5) is 13.0. The molecule has 2 rings (SSSR count). The standard InChI is InChI=1S/C15H21NO2/c1-10-6-11(2)14(12(3)7-10)8-16(9-15(17)18)13-4-5-13/h6-7,13H,4-5,8-9H2,1-3H3,(H,17,18). The molecular weight excluding hydrogens is 226 g/mol. The lowest BCUT2D eigenvalue weighted by Crippen LogP contribution is -2.31. The first-order valence-electron chi connectivity index (χ1n) is 6.50. The van der Waals surface area contributed by atoms with Gasteiger partial charge in [-0.2, -0.15) is 0 Å². The lowest BCUT2D eigenvalue weighted by molar-refractivity contribution is -0.138. The molecule has 0 aromatic heterocycles. The highest BCUT2D eigenvalue weighted by atomic mass is 16.4. The van der Waals surface area contributed by atoms with Crippen LogP contribution in [0.1, 0.15) is 35.1 Å². The molecule has 1 aliphatic carbocycles. The maximum atomic E-state index is 10.9. The topological polar surface area (TPSA) is 40.5 Å². The number of hydrogen-bond donors (Lipinski definition) is 1. The van der Waals surface area contributed by atoms with E-state index in [9.17, 15) is 4.79 Å². The Morgan fingerprint density at radius 3 is 2.28 bits per heavy atom. The van der Waals surface area contributed by atoms with Crippen molar-refractivity contribution in [2.24, 2.45) is 0 Å². The van der Waals surface area contributed by atoms with Crippen LogP contribution >= 0.6 is 0 Å². The molecule has 0 aliphatic heterocycles. The number of hydrogen-bond acceptors (Lipinski definition) is 2. The average Bonchev–Trinajstić information content (AvgIpc) is 3.04. The van der Waals surface area contributed by atoms with Crippen LogP contribution in [0.5, 0.6) is 0 Å². The van der Waals surface area contributed by atoms with Crippen molar-refractivity contribution >= 4 is 5.97 Å². The molecule has 3 heteroatoms. The fourth-order valence-electron chi connectivity index (χ4n) is 2.59. The quantitative estimate of drug-likeness (QED) is 0.869. The molecule has 1 aliphatic rings. The molecule has 3 nitrogen and oxygen atoms in total. The first-order chi connectivity index (χ1) is 8.47. The van der Waals surface area contributed by atoms with E-state index >= 15 is 0 Å². The highest BCUT2D eigenvalue weighted by Crippen LogP contribution is 2.29. The summed E-state index contributed by atoms with van der Waals surface area (Å²) in [5.41, 5.74) is 5.09. The third kappa shape index (κ3) is 3.10. The predicted octanol–water partition coefficient (Wildman–Crippen LogP) is 2.66. The van der Waals surface area contributed by atoms with Crippen molar-refractivity contribution in [1.29, 1.82) is 0 Å². The van der Waals surface area contributed by atoms with Crippen LogP contribution in [0, 0.1) is 20.8 Å². The maximum absolute atomic E-state index is 10.9. The number of carboxylic acids is 1. The number of nitrogens with zero attached hydrogens (tertiary/aromatic N) is 1. The van der Waals surface area contributed by atoms with Crippen LogP contribution in [-0.2, 0) is 11.3 Å². The minimum absolute atomic E-state index is 0.150. The van der Waals surface area contributed by atoms with E-state index in [-0.39, 0.29) is 6.54 Å². The van der Waals surface area contributed by atoms with Crippen molar-refractivity contribution in [2.45, 2.75) is 46.2 Å². The second-order valence-electron chi connectivity index (χ2n) is 5.41. The summed E-state index contributed by atoms with van der Waals surface area (Å²) in [6, 6.07) is 4.82. The van der Waals surface area contributed by atoms with Crippen LogP contribution in [0.3, 0.4) is 0 Å². The highest BCUT2D eigenvalue weighted by Gasteiger charge is 2.30. The molecule has 0 unspecified atom stereocenters. The summed E-state index contributed by atoms with van der Waals surface area (Å²) < 4.78 is 0. The highest BCUT2D eigenvalue weighted by molar-refractivity contribution is 5.69. The number of rotatable bonds is 5. The van der Waals surface area contributed by atoms with Crippen LogP contribution in [0.4, 0.5) is 0 Å². The van der Waals surface area contributed by atoms with Gasteiger partial charge in [0.05, 0.1) is 6.54 Å². The van der Waals surface area contributed by atoms with E-state index in [1.54, 1.807) is 0 Å². The van der Waals surface area contributed by atoms with Gasteiger partial charge in [0.2, 0.25) is 0 Å². The van der Waals surface area contributed by atoms with Crippen LogP contribution in [0.25, 0.3) is 0 Å². The van der Waals surface area contributed by atoms with Crippen LogP contribution in [0.15, 0.2) is 12.1 Å². The summed E-state index contributed by atoms with van der Waals surface area (Å²) in [5.74, 6) is -0.732. The van der Waals surface area contributed by atoms with Gasteiger partial charge in [0.25, 0.3) is 0 Å². The number of aryl methyl sites for hydroxylation is 3. The van der Waals surface area contributed by atoms with Gasteiger partial charge in [0.1, 0.15) is 0 Å². The summed E-state index contributed by atoms with van der Waals surface area (Å²) >= 11 is 0. The van der Waals surface area contributed by atoms with E-state index in [1.165, 1.54) is 22.3 Å². The molecule has 0 saturated heterocycles. The Balaban J connectivity index is 2.18. The predicted molar refractivity (Wildman–Crippen MR) is 71.7 cm³/mol. The first kappa shape index (κ1) is 13.1. The van der Waals surface area contributed by atoms with Gasteiger partial charge in [-0.05, 0) is 50.3 Å². The van der Waals surface area contributed by atoms with Gasteiger partial charge >= 0.3 is 5.97 Å². The fraction of sp³-hybridized carbons (Fsp3) is 0.533. The van der Waals surface area contributed by atoms with E-state index in [1.807, 2.05) is 0 Å². The molecule has 1 fully saturated rings. The van der Waals surface area contributed by atoms with Gasteiger partial charge < -0.3 is 5.11 Å². The van der Waals surface area contributed by atoms with Crippen LogP contribution in [-0.4, -0.2) is 28.6 Å². The molecule has 0 bridgehead atoms. The molecule has 0 heterocycles. The molecule has 1 aromatic carbocycles. The summed E-state index contributed by atoms with van der Waals surface area (Å²) in [5, 5.41) is 8.98. The molecular formula is C15H21NO2. The maximum Gasteiger partial charge on any atom is 0.317 e. The van der Waals surface area contributed by atoms with Crippen molar-refractivity contribution in [2.75, 3.05) is 6.54 Å². The number of carboxylic acid groups (broad SMARTS) is 1. The van der Waals surface area contributed by atoms with Gasteiger partial charge in [-0.3, -0.25) is 9.69 Å². The Labute approximate surface area is 108 Å². The molecule has 18 heavy (non-hydrogen) atoms. The minimum atomic E-state index is -0.732. The van der Waals surface area contributed by atoms with Gasteiger partial charge in [-0.15, -0.1) is 0 Å². The third-order valence-electron chi connectivity index (χ3n) is 3.60. The zero-order valence-electron chi connectivity index (χ0n) is 11.4. The monoisotopic (exact) mass is 247 g/mol. The summed E-state index contributed by atoms with van der Waals surface area (Å²) in [6.07, 6.45) is 2.27. The number of aliphatic carboxylic acids is 1. The molecule has 0 atom stereocenters. The Morgan fingerprint density at radius 1 is 1.28 bits per heavy atom. The lowest BCUT2D eigenvalue weighted by atomic mass is 9.99. The van der Waals surface area contributed by atoms with E-state index in [0.717, 1.165) is 19.4 Å². The lowest BCUT2D eigenvalue weighted by Gasteiger charge is -2.22. The largest absolute Gasteiger partial charge is 0.480 e. The molecule has 0 amide bonds. The molecule has 0 radical (unpaired) electrons. The van der Waals surface area contributed by atoms with Gasteiger partial charge in [0.15, 0.2) is 0 Å². The SMILES string of the molecule is Cc1cc(C)c(CN(CC(=O)O)C2CC2)c(C)c1. The minimum Gasteiger partial charge on any atom is -0.480 e. The smallest absolute Gasteiger partial charge is 0.317 e. The van der Waals surface area contributed by atoms with Crippen molar-refractivity contribution < 1.29 is 9.90 Å². The van der Waals surface area contributed by atoms with Crippen molar-refractivity contribution in [3.63, 3.8) is 0 Å². The van der Waals surface area contributed by atoms with Gasteiger partial charge in [0, 0.05) is 12.6 Å². The second kappa shape index (κ2) is 5.11. The van der Waals surface area contributed by atoms with E-state index in [2.05, 4.69) is 37.8 Å². The molecule has 1 saturated carbocycles. The third-order valence-corrected chi connectivity index (χ3v) is 3.60. The average molecular weight is 247 g/mol. The Hall–Kier alpha value is -1.35. The summed E-state index contributed by atoms with van der Waals surface area (Å²) in [6.45, 7) is 7.23. The van der Waals surface area contributed by atoms with Crippen molar-refractivity contribution in [3.05, 3.63) is 34.4 Å². The number of carbonyl (C=O) groups is 1. The Kier molecular flexibility index (Phi) is 3.71. The molecule has 1 aromatic rings. The van der Waals surface area contributed by atoms with Gasteiger partial charge in [-0.25, -0.2) is 0 Å². The van der Waals surface area contributed by atoms with Crippen LogP contribution < -0.4 is 0 Å². The molecule has 1 N–H and O–H groups in total. The zero-order valence-corrected chi connectivity index (χ0v) is 11.4. The Morgan fingerprint density at radius 2 is 1.83 bits per heavy atom. The summed E-state index contributed by atoms with van der Waals surface area (Å²) in [7, 11) is 0. The fourth-order valence-corrected chi connectivity index (χ4v) is 2.59. The van der Waals surface area contributed by atoms with E-state index in [0.29, 0.717) is 6.04 Å². The van der Waals surface area contributed by atoms with Gasteiger partial charge in [-0.1, -0.05) is 17.7 Å². The van der Waals surface area contributed by atoms with E-state index < -0.39 is 5.97 Å².